The molecule has 9 aliphatic heterocycles. The summed E-state index contributed by atoms with van der Waals surface area (Å²) in [5.74, 6) is 0. The molecule has 29 N–H and O–H groups in total. The topological polar surface area (TPSA) is 744 Å². The van der Waals surface area contributed by atoms with E-state index in [1.165, 1.54) is 0 Å². The standard InChI is InChI=1S/C54H92O46/c55-1-10-19(62)28(71)35(78)47(87-10)95-40-26(69)15(6-60)90-50(38(40)81)99-44-34(77)25(68)18(9-85-52-43(32(75)22(65)13(4-58)92-52)98-49-37(80)30(73)21(64)12(3-57)89-49)94-53(44)84-8-17-24(67)31(74)42(46(83)86-17)97-54-45(33(76)23(66)14(5-59)93-54)100-51-39(82)41(27(70)16(7-61)91-51)96-48-36(79)29(72)20(63)11(2-56)88-48/h10-83H,1-9H2/t10-,11-,12-,13-,14-,15-,16-,17-,18-,19-,20-,21-,22-,23-,24-,25-,26-,27-,28+,29+,30+,31+,32+,33+,34+,35+,36+,37+,38+,39+,40+,41+,42+,43+,44+,45+,46+,47-,48-,49-,50-,51-,52+,53+,54-/m1/s1. The third-order valence-corrected chi connectivity index (χ3v) is 18.7. The smallest absolute Gasteiger partial charge is 0.187 e. The van der Waals surface area contributed by atoms with Gasteiger partial charge >= 0.3 is 0 Å². The zero-order valence-corrected chi connectivity index (χ0v) is 52.3. The lowest BCUT2D eigenvalue weighted by Gasteiger charge is -2.49. The lowest BCUT2D eigenvalue weighted by molar-refractivity contribution is -0.402. The minimum absolute atomic E-state index is 0.934. The Morgan fingerprint density at radius 1 is 0.170 bits per heavy atom. The van der Waals surface area contributed by atoms with Crippen molar-refractivity contribution in [3.05, 3.63) is 0 Å². The molecule has 0 aromatic rings. The van der Waals surface area contributed by atoms with Crippen LogP contribution in [0.2, 0.25) is 0 Å². The van der Waals surface area contributed by atoms with Crippen LogP contribution in [0.5, 0.6) is 0 Å². The third kappa shape index (κ3) is 17.0. The lowest BCUT2D eigenvalue weighted by Crippen LogP contribution is -2.68. The Kier molecular flexibility index (Phi) is 29.2. The maximum absolute atomic E-state index is 12.0. The molecule has 0 amide bonds. The third-order valence-electron chi connectivity index (χ3n) is 18.7. The highest BCUT2D eigenvalue weighted by Crippen LogP contribution is 2.39. The first-order chi connectivity index (χ1) is 47.4. The maximum atomic E-state index is 12.0. The largest absolute Gasteiger partial charge is 0.394 e. The molecule has 46 nitrogen and oxygen atoms in total. The van der Waals surface area contributed by atoms with Gasteiger partial charge in [0.25, 0.3) is 0 Å². The first kappa shape index (κ1) is 82.2. The Bertz CT molecular complexity index is 2450. The van der Waals surface area contributed by atoms with E-state index in [0.717, 1.165) is 0 Å². The summed E-state index contributed by atoms with van der Waals surface area (Å²) in [5.41, 5.74) is 0. The molecule has 100 heavy (non-hydrogen) atoms. The number of aliphatic hydroxyl groups is 29. The minimum Gasteiger partial charge on any atom is -0.394 e. The summed E-state index contributed by atoms with van der Waals surface area (Å²) in [6.45, 7) is -9.30. The van der Waals surface area contributed by atoms with Gasteiger partial charge in [-0.3, -0.25) is 0 Å². The van der Waals surface area contributed by atoms with Gasteiger partial charge in [0.15, 0.2) is 56.6 Å². The van der Waals surface area contributed by atoms with Crippen molar-refractivity contribution >= 4 is 0 Å². The van der Waals surface area contributed by atoms with E-state index >= 15 is 0 Å². The predicted molar refractivity (Wildman–Crippen MR) is 297 cm³/mol. The Hall–Kier alpha value is -1.84. The quantitative estimate of drug-likeness (QED) is 0.0404. The molecule has 0 spiro atoms. The van der Waals surface area contributed by atoms with Gasteiger partial charge in [0.2, 0.25) is 0 Å². The molecule has 45 atom stereocenters. The van der Waals surface area contributed by atoms with E-state index in [2.05, 4.69) is 0 Å². The van der Waals surface area contributed by atoms with Crippen LogP contribution < -0.4 is 0 Å². The van der Waals surface area contributed by atoms with Gasteiger partial charge in [-0.15, -0.1) is 0 Å². The second-order valence-corrected chi connectivity index (χ2v) is 25.3. The Morgan fingerprint density at radius 2 is 0.380 bits per heavy atom. The normalized spacial score (nSPS) is 53.7. The highest BCUT2D eigenvalue weighted by molar-refractivity contribution is 5.02. The molecule has 0 bridgehead atoms. The monoisotopic (exact) mass is 1480 g/mol. The summed E-state index contributed by atoms with van der Waals surface area (Å²) in [6, 6.07) is 0. The molecule has 46 heteroatoms. The predicted octanol–water partition coefficient (Wildman–Crippen LogP) is -20.6. The second kappa shape index (κ2) is 35.5. The fourth-order valence-electron chi connectivity index (χ4n) is 12.7. The molecule has 0 saturated carbocycles. The molecular weight excluding hydrogens is 1380 g/mol. The van der Waals surface area contributed by atoms with E-state index in [4.69, 9.17) is 80.5 Å². The number of hydrogen-bond donors (Lipinski definition) is 29. The molecule has 0 aromatic carbocycles. The van der Waals surface area contributed by atoms with Crippen LogP contribution in [0.25, 0.3) is 0 Å². The fraction of sp³-hybridized carbons (Fsp3) is 1.00. The van der Waals surface area contributed by atoms with Gasteiger partial charge in [-0.05, 0) is 0 Å². The van der Waals surface area contributed by atoms with Crippen LogP contribution in [-0.2, 0) is 80.5 Å². The lowest BCUT2D eigenvalue weighted by atomic mass is 9.95. The van der Waals surface area contributed by atoms with E-state index in [1.807, 2.05) is 0 Å². The van der Waals surface area contributed by atoms with E-state index in [0.29, 0.717) is 0 Å². The van der Waals surface area contributed by atoms with Crippen molar-refractivity contribution in [2.24, 2.45) is 0 Å². The minimum atomic E-state index is -2.47. The molecule has 0 aliphatic carbocycles. The first-order valence-corrected chi connectivity index (χ1v) is 31.7. The molecule has 9 saturated heterocycles. The Morgan fingerprint density at radius 3 is 0.700 bits per heavy atom. The summed E-state index contributed by atoms with van der Waals surface area (Å²) >= 11 is 0. The summed E-state index contributed by atoms with van der Waals surface area (Å²) in [7, 11) is 0. The van der Waals surface area contributed by atoms with Crippen molar-refractivity contribution < 1.29 is 229 Å². The molecular formula is C54H92O46. The van der Waals surface area contributed by atoms with Crippen LogP contribution in [0.15, 0.2) is 0 Å². The highest BCUT2D eigenvalue weighted by Gasteiger charge is 2.60. The van der Waals surface area contributed by atoms with E-state index in [9.17, 15) is 148 Å². The molecule has 584 valence electrons. The van der Waals surface area contributed by atoms with Crippen LogP contribution >= 0.6 is 0 Å². The molecule has 9 fully saturated rings. The van der Waals surface area contributed by atoms with Crippen molar-refractivity contribution in [3.63, 3.8) is 0 Å². The summed E-state index contributed by atoms with van der Waals surface area (Å²) in [4.78, 5) is 0. The molecule has 9 rings (SSSR count). The van der Waals surface area contributed by atoms with Crippen molar-refractivity contribution in [2.45, 2.75) is 276 Å². The van der Waals surface area contributed by atoms with Gasteiger partial charge in [-0.2, -0.15) is 0 Å². The van der Waals surface area contributed by atoms with E-state index < -0.39 is 336 Å². The van der Waals surface area contributed by atoms with Gasteiger partial charge in [-0.1, -0.05) is 0 Å². The van der Waals surface area contributed by atoms with Gasteiger partial charge in [-0.25, -0.2) is 0 Å². The maximum Gasteiger partial charge on any atom is 0.187 e. The van der Waals surface area contributed by atoms with Crippen LogP contribution in [0.1, 0.15) is 0 Å². The molecule has 0 aromatic heterocycles. The summed E-state index contributed by atoms with van der Waals surface area (Å²) in [5, 5.41) is 313. The van der Waals surface area contributed by atoms with Gasteiger partial charge in [0.05, 0.1) is 59.5 Å². The number of ether oxygens (including phenoxy) is 17. The van der Waals surface area contributed by atoms with Crippen LogP contribution in [0.4, 0.5) is 0 Å². The average Bonchev–Trinajstić information content (AvgIpc) is 0.811. The molecule has 0 unspecified atom stereocenters. The highest BCUT2D eigenvalue weighted by atomic mass is 16.8. The summed E-state index contributed by atoms with van der Waals surface area (Å²) < 4.78 is 96.4. The molecule has 9 aliphatic rings. The fourth-order valence-corrected chi connectivity index (χ4v) is 12.7. The van der Waals surface area contributed by atoms with Gasteiger partial charge < -0.3 is 229 Å². The van der Waals surface area contributed by atoms with Crippen LogP contribution in [0, 0.1) is 0 Å². The van der Waals surface area contributed by atoms with Gasteiger partial charge in [0.1, 0.15) is 220 Å². The van der Waals surface area contributed by atoms with Gasteiger partial charge in [0, 0.05) is 0 Å². The van der Waals surface area contributed by atoms with Crippen molar-refractivity contribution in [3.8, 4) is 0 Å². The average molecular weight is 1480 g/mol. The van der Waals surface area contributed by atoms with Crippen molar-refractivity contribution in [1.82, 2.24) is 0 Å². The van der Waals surface area contributed by atoms with E-state index in [-0.39, 0.29) is 0 Å². The zero-order chi connectivity index (χ0) is 73.4. The van der Waals surface area contributed by atoms with Crippen molar-refractivity contribution in [1.29, 1.82) is 0 Å². The van der Waals surface area contributed by atoms with Crippen LogP contribution in [-0.4, -0.2) is 484 Å². The summed E-state index contributed by atoms with van der Waals surface area (Å²) in [6.07, 6.45) is -93.1. The SMILES string of the molecule is OC[C@H]1O[C@H](O[C@@H]2[C@H](O)[C@@H](O[C@@H]3[C@@H](OC[C@H]4O[C@H](O)[C@@H](O[C@H]5O[C@H](CO)[C@@H](O)[C@H](O)[C@@H]5O[C@H]5O[C@H](CO)[C@@H](O)[C@H](O[C@H]6O[C@H](CO)[C@@H](O)[C@H](O)[C@@H]6O)[C@@H]5O)[C@@H](O)[C@@H]4O)O[C@H](CO[C@H]4O[C@H](CO)[C@@H](O)[C@H](O)[C@@H]4O[C@H]4O[C@H](CO)[C@@H](O)[C@H](O)[C@@H]4O)[C@@H](O)[C@@H]3O)O[C@H](CO)[C@H]2O)[C@@H](O)[C@@H](O)[C@@H]1O. The van der Waals surface area contributed by atoms with Crippen LogP contribution in [0.3, 0.4) is 0 Å². The van der Waals surface area contributed by atoms with Crippen molar-refractivity contribution in [2.75, 3.05) is 59.5 Å². The number of rotatable bonds is 25. The molecule has 9 heterocycles. The van der Waals surface area contributed by atoms with E-state index in [1.54, 1.807) is 0 Å². The zero-order valence-electron chi connectivity index (χ0n) is 52.3. The Labute approximate surface area is 563 Å². The number of hydrogen-bond acceptors (Lipinski definition) is 46. The number of aliphatic hydroxyl groups excluding tert-OH is 29. The Balaban J connectivity index is 0.942. The molecule has 0 radical (unpaired) electrons. The second-order valence-electron chi connectivity index (χ2n) is 25.3. The first-order valence-electron chi connectivity index (χ1n) is 31.7.